The van der Waals surface area contributed by atoms with Crippen molar-refractivity contribution in [2.24, 2.45) is 0 Å². The van der Waals surface area contributed by atoms with Gasteiger partial charge in [0.1, 0.15) is 6.61 Å². The van der Waals surface area contributed by atoms with Crippen molar-refractivity contribution in [1.82, 2.24) is 0 Å². The van der Waals surface area contributed by atoms with E-state index in [1.165, 1.54) is 0 Å². The minimum atomic E-state index is -3.39. The summed E-state index contributed by atoms with van der Waals surface area (Å²) in [4.78, 5) is 0. The molecule has 138 valence electrons. The molecule has 0 aromatic rings. The molecule has 0 aliphatic heterocycles. The van der Waals surface area contributed by atoms with Crippen molar-refractivity contribution < 1.29 is 36.3 Å². The van der Waals surface area contributed by atoms with Gasteiger partial charge in [0, 0.05) is 0 Å². The van der Waals surface area contributed by atoms with Gasteiger partial charge >= 0.3 is 0 Å². The smallest absolute Gasteiger partial charge is 0.264 e. The van der Waals surface area contributed by atoms with E-state index in [0.29, 0.717) is 58.6 Å². The van der Waals surface area contributed by atoms with Crippen molar-refractivity contribution in [2.75, 3.05) is 72.3 Å². The maximum absolute atomic E-state index is 10.7. The van der Waals surface area contributed by atoms with Crippen molar-refractivity contribution >= 4 is 10.1 Å². The molecule has 8 nitrogen and oxygen atoms in total. The lowest BCUT2D eigenvalue weighted by Gasteiger charge is -2.08. The summed E-state index contributed by atoms with van der Waals surface area (Å²) in [5.41, 5.74) is 0. The predicted molar refractivity (Wildman–Crippen MR) is 84.8 cm³/mol. The minimum Gasteiger partial charge on any atom is -0.496 e. The molecule has 0 aromatic heterocycles. The van der Waals surface area contributed by atoms with E-state index in [1.54, 1.807) is 6.92 Å². The van der Waals surface area contributed by atoms with E-state index in [1.807, 2.05) is 0 Å². The highest BCUT2D eigenvalue weighted by Gasteiger charge is 2.00. The zero-order chi connectivity index (χ0) is 17.4. The summed E-state index contributed by atoms with van der Waals surface area (Å²) in [6.07, 6.45) is 0.997. The standard InChI is InChI=1S/C14H28O8S/c1-14(2)21-12-10-19-8-6-17-4-5-18-7-9-20-11-13-22-23(3,15)16/h1,4-13H2,2-3H3. The minimum absolute atomic E-state index is 0.0132. The second-order valence-electron chi connectivity index (χ2n) is 4.53. The van der Waals surface area contributed by atoms with Gasteiger partial charge in [0.25, 0.3) is 10.1 Å². The Kier molecular flexibility index (Phi) is 14.4. The van der Waals surface area contributed by atoms with Crippen LogP contribution in [0.3, 0.4) is 0 Å². The van der Waals surface area contributed by atoms with Crippen molar-refractivity contribution in [1.29, 1.82) is 0 Å². The van der Waals surface area contributed by atoms with Crippen LogP contribution in [-0.2, 0) is 38.0 Å². The molecular weight excluding hydrogens is 328 g/mol. The number of hydrogen-bond acceptors (Lipinski definition) is 8. The van der Waals surface area contributed by atoms with Crippen LogP contribution in [0, 0.1) is 0 Å². The van der Waals surface area contributed by atoms with Gasteiger partial charge in [-0.1, -0.05) is 6.58 Å². The van der Waals surface area contributed by atoms with Crippen molar-refractivity contribution in [2.45, 2.75) is 6.92 Å². The first-order valence-electron chi connectivity index (χ1n) is 7.35. The van der Waals surface area contributed by atoms with Crippen molar-refractivity contribution in [3.8, 4) is 0 Å². The monoisotopic (exact) mass is 356 g/mol. The molecular formula is C14H28O8S. The summed E-state index contributed by atoms with van der Waals surface area (Å²) in [5, 5.41) is 0. The third kappa shape index (κ3) is 21.3. The maximum Gasteiger partial charge on any atom is 0.264 e. The van der Waals surface area contributed by atoms with Crippen LogP contribution in [0.25, 0.3) is 0 Å². The normalized spacial score (nSPS) is 11.6. The molecule has 0 radical (unpaired) electrons. The fourth-order valence-corrected chi connectivity index (χ4v) is 1.65. The van der Waals surface area contributed by atoms with Crippen molar-refractivity contribution in [3.63, 3.8) is 0 Å². The van der Waals surface area contributed by atoms with Gasteiger partial charge in [-0.15, -0.1) is 0 Å². The first-order valence-corrected chi connectivity index (χ1v) is 9.17. The van der Waals surface area contributed by atoms with E-state index in [9.17, 15) is 8.42 Å². The zero-order valence-electron chi connectivity index (χ0n) is 14.0. The van der Waals surface area contributed by atoms with Gasteiger partial charge in [-0.3, -0.25) is 4.18 Å². The van der Waals surface area contributed by atoms with Crippen LogP contribution >= 0.6 is 0 Å². The van der Waals surface area contributed by atoms with E-state index in [-0.39, 0.29) is 13.2 Å². The lowest BCUT2D eigenvalue weighted by atomic mass is 10.6. The maximum atomic E-state index is 10.7. The van der Waals surface area contributed by atoms with Crippen LogP contribution in [0.5, 0.6) is 0 Å². The van der Waals surface area contributed by atoms with Gasteiger partial charge in [-0.2, -0.15) is 8.42 Å². The molecule has 0 fully saturated rings. The van der Waals surface area contributed by atoms with Crippen LogP contribution in [-0.4, -0.2) is 80.7 Å². The Morgan fingerprint density at radius 2 is 1.09 bits per heavy atom. The molecule has 0 unspecified atom stereocenters. The highest BCUT2D eigenvalue weighted by Crippen LogP contribution is 1.90. The Bertz CT molecular complexity index is 382. The average Bonchev–Trinajstić information content (AvgIpc) is 2.45. The summed E-state index contributed by atoms with van der Waals surface area (Å²) < 4.78 is 52.0. The van der Waals surface area contributed by atoms with Gasteiger partial charge in [0.05, 0.1) is 71.5 Å². The van der Waals surface area contributed by atoms with E-state index in [2.05, 4.69) is 10.8 Å². The van der Waals surface area contributed by atoms with Crippen LogP contribution < -0.4 is 0 Å². The first kappa shape index (κ1) is 22.3. The first-order chi connectivity index (χ1) is 10.9. The van der Waals surface area contributed by atoms with E-state index < -0.39 is 10.1 Å². The third-order valence-corrected chi connectivity index (χ3v) is 2.81. The molecule has 0 saturated heterocycles. The number of rotatable bonds is 17. The lowest BCUT2D eigenvalue weighted by molar-refractivity contribution is -0.00895. The largest absolute Gasteiger partial charge is 0.496 e. The van der Waals surface area contributed by atoms with Gasteiger partial charge < -0.3 is 23.7 Å². The molecule has 0 spiro atoms. The Labute approximate surface area is 138 Å². The molecule has 0 saturated carbocycles. The topological polar surface area (TPSA) is 89.5 Å². The molecule has 0 aliphatic carbocycles. The average molecular weight is 356 g/mol. The Morgan fingerprint density at radius 1 is 0.739 bits per heavy atom. The summed E-state index contributed by atoms with van der Waals surface area (Å²) in [7, 11) is -3.39. The number of hydrogen-bond donors (Lipinski definition) is 0. The molecule has 9 heteroatoms. The van der Waals surface area contributed by atoms with E-state index in [0.717, 1.165) is 6.26 Å². The molecule has 0 aliphatic rings. The molecule has 0 aromatic carbocycles. The molecule has 0 heterocycles. The van der Waals surface area contributed by atoms with Crippen LogP contribution in [0.4, 0.5) is 0 Å². The summed E-state index contributed by atoms with van der Waals surface area (Å²) >= 11 is 0. The van der Waals surface area contributed by atoms with E-state index >= 15 is 0 Å². The quantitative estimate of drug-likeness (QED) is 0.212. The number of allylic oxidation sites excluding steroid dienone is 1. The van der Waals surface area contributed by atoms with Crippen molar-refractivity contribution in [3.05, 3.63) is 12.3 Å². The predicted octanol–water partition coefficient (Wildman–Crippen LogP) is 0.579. The second kappa shape index (κ2) is 14.9. The van der Waals surface area contributed by atoms with Crippen LogP contribution in [0.2, 0.25) is 0 Å². The molecule has 0 bridgehead atoms. The molecule has 0 amide bonds. The van der Waals surface area contributed by atoms with Gasteiger partial charge in [-0.05, 0) is 6.92 Å². The van der Waals surface area contributed by atoms with Crippen LogP contribution in [0.1, 0.15) is 6.92 Å². The molecule has 0 N–H and O–H groups in total. The summed E-state index contributed by atoms with van der Waals surface area (Å²) in [5.74, 6) is 0.675. The zero-order valence-corrected chi connectivity index (χ0v) is 14.8. The van der Waals surface area contributed by atoms with Gasteiger partial charge in [-0.25, -0.2) is 0 Å². The van der Waals surface area contributed by atoms with Gasteiger partial charge in [0.15, 0.2) is 0 Å². The second-order valence-corrected chi connectivity index (χ2v) is 6.17. The Morgan fingerprint density at radius 3 is 1.43 bits per heavy atom. The highest BCUT2D eigenvalue weighted by molar-refractivity contribution is 7.85. The Balaban J connectivity index is 3.07. The molecule has 0 atom stereocenters. The summed E-state index contributed by atoms with van der Waals surface area (Å²) in [6, 6.07) is 0. The summed E-state index contributed by atoms with van der Waals surface area (Å²) in [6.45, 7) is 9.35. The van der Waals surface area contributed by atoms with Crippen LogP contribution in [0.15, 0.2) is 12.3 Å². The third-order valence-electron chi connectivity index (χ3n) is 2.22. The van der Waals surface area contributed by atoms with E-state index in [4.69, 9.17) is 23.7 Å². The fourth-order valence-electron chi connectivity index (χ4n) is 1.28. The molecule has 0 rings (SSSR count). The Hall–Kier alpha value is -0.710. The lowest BCUT2D eigenvalue weighted by Crippen LogP contribution is -2.14. The van der Waals surface area contributed by atoms with Gasteiger partial charge in [0.2, 0.25) is 0 Å². The highest BCUT2D eigenvalue weighted by atomic mass is 32.2. The SMILES string of the molecule is C=C(C)OCCOCCOCCOCCOCCOS(C)(=O)=O. The molecule has 23 heavy (non-hydrogen) atoms. The fraction of sp³-hybridized carbons (Fsp3) is 0.857. The number of ether oxygens (including phenoxy) is 5.